The normalized spacial score (nSPS) is 16.2. The lowest BCUT2D eigenvalue weighted by atomic mass is 10.1. The quantitative estimate of drug-likeness (QED) is 0.613. The Hall–Kier alpha value is -1.93. The van der Waals surface area contributed by atoms with Crippen LogP contribution in [0.25, 0.3) is 0 Å². The van der Waals surface area contributed by atoms with E-state index in [1.54, 1.807) is 25.1 Å². The number of amides is 1. The second kappa shape index (κ2) is 8.39. The molecule has 0 aliphatic carbocycles. The van der Waals surface area contributed by atoms with E-state index < -0.39 is 22.9 Å². The summed E-state index contributed by atoms with van der Waals surface area (Å²) in [6.45, 7) is 1.85. The van der Waals surface area contributed by atoms with Gasteiger partial charge in [-0.2, -0.15) is 0 Å². The molecule has 1 aliphatic heterocycles. The third kappa shape index (κ3) is 4.50. The van der Waals surface area contributed by atoms with Crippen molar-refractivity contribution in [1.82, 2.24) is 0 Å². The molecule has 4 nitrogen and oxygen atoms in total. The Morgan fingerprint density at radius 1 is 1.26 bits per heavy atom. The van der Waals surface area contributed by atoms with Crippen molar-refractivity contribution in [1.29, 1.82) is 0 Å². The number of carbonyl (C=O) groups is 2. The molecule has 142 valence electrons. The molecule has 27 heavy (non-hydrogen) atoms. The van der Waals surface area contributed by atoms with Crippen LogP contribution in [0.1, 0.15) is 18.9 Å². The van der Waals surface area contributed by atoms with E-state index >= 15 is 0 Å². The van der Waals surface area contributed by atoms with Crippen LogP contribution in [0.4, 0.5) is 14.5 Å². The number of nitrogens with zero attached hydrogens (tertiary/aromatic N) is 1. The Morgan fingerprint density at radius 3 is 2.74 bits per heavy atom. The van der Waals surface area contributed by atoms with Gasteiger partial charge >= 0.3 is 5.97 Å². The number of esters is 1. The van der Waals surface area contributed by atoms with Crippen LogP contribution in [-0.4, -0.2) is 23.7 Å². The lowest BCUT2D eigenvalue weighted by Crippen LogP contribution is -2.41. The van der Waals surface area contributed by atoms with Crippen LogP contribution in [-0.2, 0) is 20.9 Å². The molecular weight excluding hydrogens is 440 g/mol. The molecule has 8 heteroatoms. The third-order valence-corrected chi connectivity index (χ3v) is 5.77. The van der Waals surface area contributed by atoms with Crippen LogP contribution < -0.4 is 4.90 Å². The average Bonchev–Trinajstić information content (AvgIpc) is 2.61. The SMILES string of the molecule is CCOC(=O)CC1Sc2ccc(F)cc2N(Cc2ccc(Br)cc2F)C1=O. The fourth-order valence-electron chi connectivity index (χ4n) is 2.78. The summed E-state index contributed by atoms with van der Waals surface area (Å²) in [4.78, 5) is 26.8. The number of thioether (sulfide) groups is 1. The lowest BCUT2D eigenvalue weighted by molar-refractivity contribution is -0.144. The van der Waals surface area contributed by atoms with Crippen LogP contribution in [0.2, 0.25) is 0 Å². The second-order valence-electron chi connectivity index (χ2n) is 5.89. The molecule has 0 bridgehead atoms. The smallest absolute Gasteiger partial charge is 0.307 e. The van der Waals surface area contributed by atoms with Gasteiger partial charge in [0.05, 0.1) is 30.5 Å². The minimum Gasteiger partial charge on any atom is -0.466 e. The molecular formula is C19H16BrF2NO3S. The maximum absolute atomic E-state index is 14.3. The number of fused-ring (bicyclic) bond motifs is 1. The molecule has 1 unspecified atom stereocenters. The number of hydrogen-bond acceptors (Lipinski definition) is 4. The van der Waals surface area contributed by atoms with Gasteiger partial charge in [-0.1, -0.05) is 22.0 Å². The molecule has 1 aliphatic rings. The molecule has 0 saturated heterocycles. The van der Waals surface area contributed by atoms with Crippen molar-refractivity contribution < 1.29 is 23.1 Å². The maximum Gasteiger partial charge on any atom is 0.307 e. The van der Waals surface area contributed by atoms with E-state index in [0.29, 0.717) is 20.6 Å². The fourth-order valence-corrected chi connectivity index (χ4v) is 4.30. The van der Waals surface area contributed by atoms with Gasteiger partial charge in [0.15, 0.2) is 0 Å². The molecule has 0 N–H and O–H groups in total. The highest BCUT2D eigenvalue weighted by atomic mass is 79.9. The molecule has 0 fully saturated rings. The van der Waals surface area contributed by atoms with E-state index in [4.69, 9.17) is 4.74 Å². The van der Waals surface area contributed by atoms with Crippen molar-refractivity contribution in [2.75, 3.05) is 11.5 Å². The van der Waals surface area contributed by atoms with Gasteiger partial charge in [-0.15, -0.1) is 11.8 Å². The van der Waals surface area contributed by atoms with Gasteiger partial charge in [0.2, 0.25) is 5.91 Å². The average molecular weight is 456 g/mol. The Balaban J connectivity index is 1.95. The van der Waals surface area contributed by atoms with Gasteiger partial charge in [-0.05, 0) is 37.3 Å². The fraction of sp³-hybridized carbons (Fsp3) is 0.263. The minimum atomic E-state index is -0.708. The number of ether oxygens (including phenoxy) is 1. The third-order valence-electron chi connectivity index (χ3n) is 4.02. The number of hydrogen-bond donors (Lipinski definition) is 0. The molecule has 3 rings (SSSR count). The van der Waals surface area contributed by atoms with E-state index in [9.17, 15) is 18.4 Å². The standard InChI is InChI=1S/C19H16BrF2NO3S/c1-2-26-18(24)9-17-19(25)23(10-11-3-4-12(20)7-14(11)22)15-8-13(21)5-6-16(15)27-17/h3-8,17H,2,9-10H2,1H3. The van der Waals surface area contributed by atoms with Crippen molar-refractivity contribution in [2.45, 2.75) is 30.0 Å². The molecule has 1 amide bonds. The first-order valence-electron chi connectivity index (χ1n) is 8.26. The molecule has 0 radical (unpaired) electrons. The summed E-state index contributed by atoms with van der Waals surface area (Å²) in [6.07, 6.45) is -0.104. The Morgan fingerprint density at radius 2 is 2.04 bits per heavy atom. The van der Waals surface area contributed by atoms with Gasteiger partial charge in [0.25, 0.3) is 0 Å². The van der Waals surface area contributed by atoms with Crippen molar-refractivity contribution in [3.05, 3.63) is 58.1 Å². The molecule has 0 saturated carbocycles. The Bertz CT molecular complexity index is 893. The van der Waals surface area contributed by atoms with E-state index in [2.05, 4.69) is 15.9 Å². The summed E-state index contributed by atoms with van der Waals surface area (Å²) in [6, 6.07) is 8.64. The summed E-state index contributed by atoms with van der Waals surface area (Å²) in [5.74, 6) is -1.83. The zero-order valence-corrected chi connectivity index (χ0v) is 16.8. The first kappa shape index (κ1) is 19.8. The maximum atomic E-state index is 14.3. The van der Waals surface area contributed by atoms with Crippen LogP contribution in [0.3, 0.4) is 0 Å². The van der Waals surface area contributed by atoms with Crippen LogP contribution in [0.5, 0.6) is 0 Å². The molecule has 0 spiro atoms. The minimum absolute atomic E-state index is 0.0612. The lowest BCUT2D eigenvalue weighted by Gasteiger charge is -2.33. The van der Waals surface area contributed by atoms with E-state index in [1.807, 2.05) is 0 Å². The van der Waals surface area contributed by atoms with Crippen molar-refractivity contribution >= 4 is 45.3 Å². The number of rotatable bonds is 5. The first-order chi connectivity index (χ1) is 12.9. The zero-order valence-electron chi connectivity index (χ0n) is 14.4. The summed E-state index contributed by atoms with van der Waals surface area (Å²) in [5, 5.41) is -0.708. The summed E-state index contributed by atoms with van der Waals surface area (Å²) >= 11 is 4.38. The summed E-state index contributed by atoms with van der Waals surface area (Å²) in [7, 11) is 0. The number of carbonyl (C=O) groups excluding carboxylic acids is 2. The highest BCUT2D eigenvalue weighted by Crippen LogP contribution is 2.41. The monoisotopic (exact) mass is 455 g/mol. The van der Waals surface area contributed by atoms with E-state index in [-0.39, 0.29) is 25.5 Å². The van der Waals surface area contributed by atoms with Gasteiger partial charge in [0.1, 0.15) is 11.6 Å². The number of benzene rings is 2. The van der Waals surface area contributed by atoms with E-state index in [1.165, 1.54) is 34.9 Å². The number of halogens is 3. The predicted octanol–water partition coefficient (Wildman–Crippen LogP) is 4.69. The Kier molecular flexibility index (Phi) is 6.16. The molecule has 0 aromatic heterocycles. The summed E-state index contributed by atoms with van der Waals surface area (Å²) in [5.41, 5.74) is 0.663. The highest BCUT2D eigenvalue weighted by Gasteiger charge is 2.36. The van der Waals surface area contributed by atoms with Crippen molar-refractivity contribution in [2.24, 2.45) is 0 Å². The second-order valence-corrected chi connectivity index (χ2v) is 8.05. The van der Waals surface area contributed by atoms with Crippen LogP contribution in [0.15, 0.2) is 45.8 Å². The number of anilines is 1. The first-order valence-corrected chi connectivity index (χ1v) is 9.93. The zero-order chi connectivity index (χ0) is 19.6. The largest absolute Gasteiger partial charge is 0.466 e. The Labute approximate surface area is 168 Å². The van der Waals surface area contributed by atoms with Gasteiger partial charge in [-0.25, -0.2) is 8.78 Å². The van der Waals surface area contributed by atoms with Crippen LogP contribution in [0, 0.1) is 11.6 Å². The highest BCUT2D eigenvalue weighted by molar-refractivity contribution is 9.10. The van der Waals surface area contributed by atoms with Gasteiger partial charge in [-0.3, -0.25) is 9.59 Å². The predicted molar refractivity (Wildman–Crippen MR) is 103 cm³/mol. The molecule has 2 aromatic carbocycles. The molecule has 2 aromatic rings. The van der Waals surface area contributed by atoms with Gasteiger partial charge < -0.3 is 9.64 Å². The molecule has 1 heterocycles. The van der Waals surface area contributed by atoms with Crippen molar-refractivity contribution in [3.8, 4) is 0 Å². The van der Waals surface area contributed by atoms with E-state index in [0.717, 1.165) is 0 Å². The van der Waals surface area contributed by atoms with Crippen LogP contribution >= 0.6 is 27.7 Å². The topological polar surface area (TPSA) is 46.6 Å². The van der Waals surface area contributed by atoms with Gasteiger partial charge in [0, 0.05) is 14.9 Å². The van der Waals surface area contributed by atoms with Crippen molar-refractivity contribution in [3.63, 3.8) is 0 Å². The summed E-state index contributed by atoms with van der Waals surface area (Å²) < 4.78 is 33.6. The molecule has 1 atom stereocenters.